The van der Waals surface area contributed by atoms with Gasteiger partial charge in [0.1, 0.15) is 48.0 Å². The summed E-state index contributed by atoms with van der Waals surface area (Å²) in [5, 5.41) is 46.7. The van der Waals surface area contributed by atoms with Gasteiger partial charge in [0, 0.05) is 31.3 Å². The van der Waals surface area contributed by atoms with Crippen LogP contribution in [0.3, 0.4) is 0 Å². The number of carboxylic acid groups (broad SMARTS) is 2. The molecule has 0 bridgehead atoms. The number of aliphatic imine (C=N–C) groups is 1. The number of hydrogen-bond donors (Lipinski definition) is 14. The van der Waals surface area contributed by atoms with Crippen LogP contribution in [0.5, 0.6) is 5.75 Å². The molecule has 382 valence electrons. The van der Waals surface area contributed by atoms with Crippen LogP contribution in [0.25, 0.3) is 0 Å². The Hall–Kier alpha value is -7.31. The quantitative estimate of drug-likeness (QED) is 0.0230. The molecule has 0 saturated carbocycles. The smallest absolute Gasteiger partial charge is 0.326 e. The Balaban J connectivity index is 2.42. The normalized spacial score (nSPS) is 15.0. The Morgan fingerprint density at radius 1 is 0.667 bits per heavy atom. The summed E-state index contributed by atoms with van der Waals surface area (Å²) in [4.78, 5) is 130. The molecule has 2 rings (SSSR count). The molecule has 0 aliphatic rings. The van der Waals surface area contributed by atoms with Crippen molar-refractivity contribution in [1.82, 2.24) is 47.2 Å². The molecule has 1 aromatic heterocycles. The molecule has 0 aliphatic carbocycles. The van der Waals surface area contributed by atoms with E-state index >= 15 is 0 Å². The third kappa shape index (κ3) is 19.8. The number of phenols is 1. The first kappa shape index (κ1) is 57.8. The number of aromatic amines is 1. The van der Waals surface area contributed by atoms with Crippen molar-refractivity contribution in [2.24, 2.45) is 39.9 Å². The number of guanidine groups is 1. The Labute approximate surface area is 399 Å². The van der Waals surface area contributed by atoms with Gasteiger partial charge in [-0.3, -0.25) is 43.3 Å². The molecule has 7 amide bonds. The van der Waals surface area contributed by atoms with E-state index in [-0.39, 0.29) is 43.9 Å². The number of hydrogen-bond acceptors (Lipinski definition) is 13. The van der Waals surface area contributed by atoms with Crippen molar-refractivity contribution in [2.45, 2.75) is 135 Å². The lowest BCUT2D eigenvalue weighted by Gasteiger charge is -2.30. The number of phenolic OH excluding ortho intramolecular Hbond substituents is 1. The van der Waals surface area contributed by atoms with Crippen LogP contribution >= 0.6 is 0 Å². The zero-order valence-corrected chi connectivity index (χ0v) is 39.9. The van der Waals surface area contributed by atoms with Crippen LogP contribution in [0.1, 0.15) is 85.4 Å². The van der Waals surface area contributed by atoms with Crippen molar-refractivity contribution in [3.63, 3.8) is 0 Å². The highest BCUT2D eigenvalue weighted by atomic mass is 16.4. The van der Waals surface area contributed by atoms with Gasteiger partial charge in [-0.15, -0.1) is 0 Å². The number of aliphatic carboxylic acids is 2. The summed E-state index contributed by atoms with van der Waals surface area (Å²) in [5.74, 6) is -10.5. The maximum atomic E-state index is 14.3. The average molecular weight is 972 g/mol. The molecule has 0 aliphatic heterocycles. The van der Waals surface area contributed by atoms with Gasteiger partial charge in [-0.2, -0.15) is 0 Å². The summed E-state index contributed by atoms with van der Waals surface area (Å²) in [5.41, 5.74) is 17.4. The van der Waals surface area contributed by atoms with E-state index in [1.165, 1.54) is 43.7 Å². The van der Waals surface area contributed by atoms with Crippen LogP contribution in [0.4, 0.5) is 0 Å². The fraction of sp³-hybridized carbons (Fsp3) is 0.568. The second-order valence-electron chi connectivity index (χ2n) is 17.4. The number of nitrogens with one attached hydrogen (secondary N) is 8. The van der Waals surface area contributed by atoms with Gasteiger partial charge >= 0.3 is 11.9 Å². The van der Waals surface area contributed by atoms with Crippen molar-refractivity contribution in [3.05, 3.63) is 48.0 Å². The van der Waals surface area contributed by atoms with Crippen molar-refractivity contribution in [3.8, 4) is 5.75 Å². The number of aromatic hydroxyl groups is 1. The number of imidazole rings is 1. The van der Waals surface area contributed by atoms with Gasteiger partial charge in [0.15, 0.2) is 5.96 Å². The highest BCUT2D eigenvalue weighted by Crippen LogP contribution is 2.15. The molecular formula is C44H69N13O12. The van der Waals surface area contributed by atoms with E-state index in [0.717, 1.165) is 0 Å². The summed E-state index contributed by atoms with van der Waals surface area (Å²) < 4.78 is 0. The monoisotopic (exact) mass is 972 g/mol. The summed E-state index contributed by atoms with van der Waals surface area (Å²) in [6.45, 7) is 11.3. The Morgan fingerprint density at radius 3 is 1.65 bits per heavy atom. The number of nitrogens with zero attached hydrogens (tertiary/aromatic N) is 2. The van der Waals surface area contributed by atoms with Gasteiger partial charge in [0.2, 0.25) is 41.4 Å². The molecule has 69 heavy (non-hydrogen) atoms. The predicted molar refractivity (Wildman–Crippen MR) is 250 cm³/mol. The molecule has 25 nitrogen and oxygen atoms in total. The zero-order valence-electron chi connectivity index (χ0n) is 39.9. The highest BCUT2D eigenvalue weighted by molar-refractivity contribution is 5.98. The van der Waals surface area contributed by atoms with Gasteiger partial charge in [-0.05, 0) is 55.2 Å². The Kier molecular flexibility index (Phi) is 23.6. The topological polar surface area (TPSA) is 418 Å². The van der Waals surface area contributed by atoms with E-state index in [9.17, 15) is 53.4 Å². The number of aromatic nitrogens is 2. The van der Waals surface area contributed by atoms with Crippen LogP contribution in [-0.2, 0) is 56.0 Å². The minimum absolute atomic E-state index is 0.0600. The molecule has 0 saturated heterocycles. The molecular weight excluding hydrogens is 903 g/mol. The maximum Gasteiger partial charge on any atom is 0.326 e. The number of carbonyl (C=O) groups is 9. The Bertz CT molecular complexity index is 2100. The molecule has 2 aromatic rings. The van der Waals surface area contributed by atoms with Gasteiger partial charge in [0.25, 0.3) is 0 Å². The molecule has 17 N–H and O–H groups in total. The van der Waals surface area contributed by atoms with Crippen molar-refractivity contribution >= 4 is 59.2 Å². The molecule has 9 atom stereocenters. The van der Waals surface area contributed by atoms with Crippen LogP contribution in [-0.4, -0.2) is 139 Å². The van der Waals surface area contributed by atoms with Gasteiger partial charge in [-0.1, -0.05) is 60.1 Å². The summed E-state index contributed by atoms with van der Waals surface area (Å²) in [6.07, 6.45) is 2.27. The van der Waals surface area contributed by atoms with E-state index in [0.29, 0.717) is 17.7 Å². The van der Waals surface area contributed by atoms with E-state index in [1.54, 1.807) is 41.5 Å². The van der Waals surface area contributed by atoms with Gasteiger partial charge in [-0.25, -0.2) is 9.78 Å². The van der Waals surface area contributed by atoms with Crippen molar-refractivity contribution in [1.29, 1.82) is 0 Å². The molecule has 0 fully saturated rings. The number of amides is 7. The van der Waals surface area contributed by atoms with Crippen molar-refractivity contribution in [2.75, 3.05) is 6.54 Å². The third-order valence-corrected chi connectivity index (χ3v) is 11.0. The van der Waals surface area contributed by atoms with Crippen molar-refractivity contribution < 1.29 is 58.5 Å². The van der Waals surface area contributed by atoms with Crippen LogP contribution in [0.2, 0.25) is 0 Å². The molecule has 1 heterocycles. The largest absolute Gasteiger partial charge is 0.508 e. The minimum Gasteiger partial charge on any atom is -0.508 e. The molecule has 0 unspecified atom stereocenters. The fourth-order valence-corrected chi connectivity index (χ4v) is 6.68. The second-order valence-corrected chi connectivity index (χ2v) is 17.4. The van der Waals surface area contributed by atoms with Crippen LogP contribution < -0.4 is 54.4 Å². The van der Waals surface area contributed by atoms with E-state index in [1.807, 2.05) is 0 Å². The first-order valence-electron chi connectivity index (χ1n) is 22.5. The second kappa shape index (κ2) is 28.1. The summed E-state index contributed by atoms with van der Waals surface area (Å²) >= 11 is 0. The number of carboxylic acids is 2. The highest BCUT2D eigenvalue weighted by Gasteiger charge is 2.36. The zero-order chi connectivity index (χ0) is 52.1. The first-order valence-corrected chi connectivity index (χ1v) is 22.5. The summed E-state index contributed by atoms with van der Waals surface area (Å²) in [7, 11) is 0. The van der Waals surface area contributed by atoms with Gasteiger partial charge in [0.05, 0.1) is 18.8 Å². The number of nitrogens with two attached hydrogens (primary N) is 3. The molecule has 1 aromatic carbocycles. The lowest BCUT2D eigenvalue weighted by Crippen LogP contribution is -2.62. The number of benzene rings is 1. The van der Waals surface area contributed by atoms with Gasteiger partial charge < -0.3 is 74.7 Å². The van der Waals surface area contributed by atoms with E-state index in [4.69, 9.17) is 22.3 Å². The number of rotatable bonds is 29. The SMILES string of the molecule is CC[C@H](C)[C@H](NC(=O)[C@H](C)NC(=O)[C@H](Cc1cnc[nH]1)NC(=O)[C@H](NC(=O)[C@@H](Cc1ccc(O)cc1)NC(=O)[C@@H](NC(=O)[C@H](CCCN=C(N)N)NC(=O)[C@@H](N)CC(=O)O)C(C)C)C(C)C)C(=O)O. The standard InChI is InChI=1S/C44H69N13O12/c1-8-23(6)35(43(68)69)57-36(61)24(7)51-39(64)31(17-26-19-48-20-50-26)54-42(67)34(22(4)5)56-40(65)30(16-25-11-13-27(58)14-12-25)53-41(66)33(21(2)3)55-38(63)29(10-9-15-49-44(46)47)52-37(62)28(45)18-32(59)60/h11-14,19-24,28-31,33-35,58H,8-10,15-18,45H2,1-7H3,(H,48,50)(H,51,64)(H,52,62)(H,53,66)(H,54,67)(H,55,63)(H,56,65)(H,57,61)(H,59,60)(H,68,69)(H4,46,47,49)/t23-,24-,28-,29-,30+,31-,33-,34+,35-/m0/s1. The lowest BCUT2D eigenvalue weighted by atomic mass is 9.98. The summed E-state index contributed by atoms with van der Waals surface area (Å²) in [6, 6.07) is -5.01. The fourth-order valence-electron chi connectivity index (χ4n) is 6.68. The third-order valence-electron chi connectivity index (χ3n) is 11.0. The number of H-pyrrole nitrogens is 1. The predicted octanol–water partition coefficient (Wildman–Crippen LogP) is -2.39. The Morgan fingerprint density at radius 2 is 1.17 bits per heavy atom. The minimum atomic E-state index is -1.51. The van der Waals surface area contributed by atoms with E-state index in [2.05, 4.69) is 52.2 Å². The molecule has 25 heteroatoms. The molecule has 0 radical (unpaired) electrons. The van der Waals surface area contributed by atoms with E-state index < -0.39 is 126 Å². The lowest BCUT2D eigenvalue weighted by molar-refractivity contribution is -0.143. The number of carbonyl (C=O) groups excluding carboxylic acids is 7. The molecule has 0 spiro atoms. The van der Waals surface area contributed by atoms with Crippen LogP contribution in [0, 0.1) is 17.8 Å². The first-order chi connectivity index (χ1) is 32.3. The average Bonchev–Trinajstić information content (AvgIpc) is 3.79. The maximum absolute atomic E-state index is 14.3. The van der Waals surface area contributed by atoms with Crippen LogP contribution in [0.15, 0.2) is 41.8 Å².